The molecule has 132 valence electrons. The van der Waals surface area contributed by atoms with Crippen LogP contribution in [0, 0.1) is 0 Å². The summed E-state index contributed by atoms with van der Waals surface area (Å²) in [7, 11) is 1.87. The molecule has 2 aromatic rings. The summed E-state index contributed by atoms with van der Waals surface area (Å²) in [5, 5.41) is 2.86. The van der Waals surface area contributed by atoms with Crippen molar-refractivity contribution >= 4 is 17.5 Å². The fourth-order valence-corrected chi connectivity index (χ4v) is 3.26. The average molecular weight is 340 g/mol. The highest BCUT2D eigenvalue weighted by atomic mass is 16.2. The first-order valence-corrected chi connectivity index (χ1v) is 8.76. The molecule has 0 bridgehead atoms. The molecule has 1 aliphatic rings. The van der Waals surface area contributed by atoms with Crippen LogP contribution in [0.5, 0.6) is 0 Å². The number of amides is 2. The van der Waals surface area contributed by atoms with Gasteiger partial charge in [-0.1, -0.05) is 18.9 Å². The van der Waals surface area contributed by atoms with E-state index in [1.807, 2.05) is 28.8 Å². The summed E-state index contributed by atoms with van der Waals surface area (Å²) in [6.45, 7) is 0.578. The minimum absolute atomic E-state index is 0.0152. The summed E-state index contributed by atoms with van der Waals surface area (Å²) in [6, 6.07) is 7.50. The Balaban J connectivity index is 1.58. The molecule has 25 heavy (non-hydrogen) atoms. The van der Waals surface area contributed by atoms with E-state index in [-0.39, 0.29) is 11.8 Å². The normalized spacial score (nSPS) is 14.4. The second-order valence-electron chi connectivity index (χ2n) is 6.53. The van der Waals surface area contributed by atoms with Gasteiger partial charge in [-0.3, -0.25) is 9.59 Å². The van der Waals surface area contributed by atoms with Crippen LogP contribution in [-0.4, -0.2) is 39.4 Å². The highest BCUT2D eigenvalue weighted by Gasteiger charge is 2.24. The Morgan fingerprint density at radius 1 is 1.32 bits per heavy atom. The molecule has 1 heterocycles. The predicted molar refractivity (Wildman–Crippen MR) is 96.3 cm³/mol. The molecule has 0 spiro atoms. The number of anilines is 1. The maximum Gasteiger partial charge on any atom is 0.253 e. The lowest BCUT2D eigenvalue weighted by molar-refractivity contribution is -0.116. The van der Waals surface area contributed by atoms with Crippen molar-refractivity contribution in [3.8, 4) is 0 Å². The van der Waals surface area contributed by atoms with E-state index in [9.17, 15) is 9.59 Å². The van der Waals surface area contributed by atoms with Crippen LogP contribution >= 0.6 is 0 Å². The minimum atomic E-state index is -0.0811. The third-order valence-corrected chi connectivity index (χ3v) is 4.74. The molecule has 1 saturated carbocycles. The molecule has 3 rings (SSSR count). The number of rotatable bonds is 6. The quantitative estimate of drug-likeness (QED) is 0.879. The van der Waals surface area contributed by atoms with E-state index >= 15 is 0 Å². The van der Waals surface area contributed by atoms with Gasteiger partial charge in [-0.15, -0.1) is 0 Å². The average Bonchev–Trinajstić information content (AvgIpc) is 3.32. The highest BCUT2D eigenvalue weighted by Crippen LogP contribution is 2.24. The van der Waals surface area contributed by atoms with Crippen molar-refractivity contribution in [1.29, 1.82) is 0 Å². The van der Waals surface area contributed by atoms with Gasteiger partial charge in [-0.25, -0.2) is 4.98 Å². The van der Waals surface area contributed by atoms with Crippen molar-refractivity contribution < 1.29 is 9.59 Å². The number of carbonyl (C=O) groups is 2. The van der Waals surface area contributed by atoms with Gasteiger partial charge in [0.15, 0.2) is 0 Å². The van der Waals surface area contributed by atoms with Crippen LogP contribution in [0.15, 0.2) is 43.0 Å². The van der Waals surface area contributed by atoms with E-state index in [1.54, 1.807) is 30.7 Å². The Morgan fingerprint density at radius 2 is 2.12 bits per heavy atom. The van der Waals surface area contributed by atoms with Gasteiger partial charge >= 0.3 is 0 Å². The molecule has 6 heteroatoms. The van der Waals surface area contributed by atoms with E-state index in [2.05, 4.69) is 10.3 Å². The Hall–Kier alpha value is -2.63. The molecule has 0 atom stereocenters. The Labute approximate surface area is 147 Å². The Kier molecular flexibility index (Phi) is 5.48. The first kappa shape index (κ1) is 17.2. The van der Waals surface area contributed by atoms with Gasteiger partial charge in [-0.05, 0) is 31.0 Å². The fourth-order valence-electron chi connectivity index (χ4n) is 3.26. The van der Waals surface area contributed by atoms with Crippen LogP contribution in [0.25, 0.3) is 0 Å². The maximum absolute atomic E-state index is 12.7. The standard InChI is InChI=1S/C19H24N4O2/c1-22(17-7-2-3-8-17)19(25)15-5-4-6-16(13-15)21-18(24)9-11-23-12-10-20-14-23/h4-6,10,12-14,17H,2-3,7-9,11H2,1H3,(H,21,24). The summed E-state index contributed by atoms with van der Waals surface area (Å²) >= 11 is 0. The van der Waals surface area contributed by atoms with Crippen molar-refractivity contribution in [2.24, 2.45) is 0 Å². The van der Waals surface area contributed by atoms with Crippen LogP contribution < -0.4 is 5.32 Å². The lowest BCUT2D eigenvalue weighted by Gasteiger charge is -2.24. The number of hydrogen-bond acceptors (Lipinski definition) is 3. The SMILES string of the molecule is CN(C(=O)c1cccc(NC(=O)CCn2ccnc2)c1)C1CCCC1. The molecule has 0 saturated heterocycles. The Bertz CT molecular complexity index is 721. The second kappa shape index (κ2) is 7.96. The van der Waals surface area contributed by atoms with Crippen molar-refractivity contribution in [2.45, 2.75) is 44.7 Å². The number of hydrogen-bond donors (Lipinski definition) is 1. The molecule has 0 aliphatic heterocycles. The monoisotopic (exact) mass is 340 g/mol. The zero-order chi connectivity index (χ0) is 17.6. The van der Waals surface area contributed by atoms with E-state index in [0.29, 0.717) is 30.3 Å². The maximum atomic E-state index is 12.7. The summed E-state index contributed by atoms with van der Waals surface area (Å²) in [6.07, 6.45) is 10.1. The minimum Gasteiger partial charge on any atom is -0.339 e. The highest BCUT2D eigenvalue weighted by molar-refractivity contribution is 5.97. The molecule has 1 N–H and O–H groups in total. The first-order valence-electron chi connectivity index (χ1n) is 8.76. The van der Waals surface area contributed by atoms with Gasteiger partial charge in [0, 0.05) is 49.7 Å². The zero-order valence-corrected chi connectivity index (χ0v) is 14.5. The summed E-state index contributed by atoms with van der Waals surface area (Å²) < 4.78 is 1.86. The number of carbonyl (C=O) groups excluding carboxylic acids is 2. The number of aromatic nitrogens is 2. The third-order valence-electron chi connectivity index (χ3n) is 4.74. The molecule has 1 aliphatic carbocycles. The molecule has 0 radical (unpaired) electrons. The summed E-state index contributed by atoms with van der Waals surface area (Å²) in [4.78, 5) is 30.5. The molecule has 1 aromatic heterocycles. The van der Waals surface area contributed by atoms with Gasteiger partial charge in [0.1, 0.15) is 0 Å². The topological polar surface area (TPSA) is 67.2 Å². The van der Waals surface area contributed by atoms with Gasteiger partial charge in [0.2, 0.25) is 5.91 Å². The Morgan fingerprint density at radius 3 is 2.84 bits per heavy atom. The number of aryl methyl sites for hydroxylation is 1. The van der Waals surface area contributed by atoms with Gasteiger partial charge in [0.05, 0.1) is 6.33 Å². The second-order valence-corrected chi connectivity index (χ2v) is 6.53. The van der Waals surface area contributed by atoms with Crippen molar-refractivity contribution in [1.82, 2.24) is 14.5 Å². The smallest absolute Gasteiger partial charge is 0.253 e. The van der Waals surface area contributed by atoms with Crippen molar-refractivity contribution in [3.05, 3.63) is 48.5 Å². The van der Waals surface area contributed by atoms with Crippen molar-refractivity contribution in [2.75, 3.05) is 12.4 Å². The molecular weight excluding hydrogens is 316 g/mol. The van der Waals surface area contributed by atoms with Crippen LogP contribution in [-0.2, 0) is 11.3 Å². The third kappa shape index (κ3) is 4.47. The van der Waals surface area contributed by atoms with E-state index in [1.165, 1.54) is 12.8 Å². The van der Waals surface area contributed by atoms with E-state index < -0.39 is 0 Å². The molecular formula is C19H24N4O2. The number of nitrogens with zero attached hydrogens (tertiary/aromatic N) is 3. The molecule has 2 amide bonds. The number of imidazole rings is 1. The zero-order valence-electron chi connectivity index (χ0n) is 14.5. The molecule has 1 fully saturated rings. The van der Waals surface area contributed by atoms with E-state index in [4.69, 9.17) is 0 Å². The van der Waals surface area contributed by atoms with E-state index in [0.717, 1.165) is 12.8 Å². The van der Waals surface area contributed by atoms with Gasteiger partial charge in [0.25, 0.3) is 5.91 Å². The summed E-state index contributed by atoms with van der Waals surface area (Å²) in [5.41, 5.74) is 1.27. The largest absolute Gasteiger partial charge is 0.339 e. The van der Waals surface area contributed by atoms with Gasteiger partial charge in [-0.2, -0.15) is 0 Å². The molecule has 1 aromatic carbocycles. The number of nitrogens with one attached hydrogen (secondary N) is 1. The van der Waals surface area contributed by atoms with Crippen LogP contribution in [0.4, 0.5) is 5.69 Å². The van der Waals surface area contributed by atoms with Crippen LogP contribution in [0.3, 0.4) is 0 Å². The fraction of sp³-hybridized carbons (Fsp3) is 0.421. The first-order chi connectivity index (χ1) is 12.1. The predicted octanol–water partition coefficient (Wildman–Crippen LogP) is 2.93. The molecule has 0 unspecified atom stereocenters. The van der Waals surface area contributed by atoms with Gasteiger partial charge < -0.3 is 14.8 Å². The van der Waals surface area contributed by atoms with Crippen LogP contribution in [0.2, 0.25) is 0 Å². The number of benzene rings is 1. The lowest BCUT2D eigenvalue weighted by Crippen LogP contribution is -2.35. The summed E-state index contributed by atoms with van der Waals surface area (Å²) in [5.74, 6) is -0.0659. The molecule has 6 nitrogen and oxygen atoms in total. The van der Waals surface area contributed by atoms with Crippen molar-refractivity contribution in [3.63, 3.8) is 0 Å². The lowest BCUT2D eigenvalue weighted by atomic mass is 10.1. The van der Waals surface area contributed by atoms with Crippen LogP contribution in [0.1, 0.15) is 42.5 Å².